The van der Waals surface area contributed by atoms with E-state index in [0.29, 0.717) is 33.4 Å². The molecule has 1 atom stereocenters. The summed E-state index contributed by atoms with van der Waals surface area (Å²) in [6.45, 7) is 6.39. The van der Waals surface area contributed by atoms with Crippen molar-refractivity contribution in [2.75, 3.05) is 5.75 Å². The number of halogens is 3. The smallest absolute Gasteiger partial charge is 0.329 e. The SMILES string of the molecule is CCS(=O)c1cc(C2(C#N)CC2)cnc1-c1nc(/C=C(\N=C(C)C)C(F)(F)F)c(C)n1C. The first kappa shape index (κ1) is 23.9. The van der Waals surface area contributed by atoms with Gasteiger partial charge in [-0.2, -0.15) is 18.4 Å². The van der Waals surface area contributed by atoms with Crippen molar-refractivity contribution in [3.05, 3.63) is 34.9 Å². The number of rotatable bonds is 6. The van der Waals surface area contributed by atoms with Crippen LogP contribution in [0.15, 0.2) is 27.8 Å². The Bertz CT molecular complexity index is 1180. The van der Waals surface area contributed by atoms with Crippen molar-refractivity contribution in [3.8, 4) is 17.6 Å². The summed E-state index contributed by atoms with van der Waals surface area (Å²) in [5.74, 6) is 0.633. The van der Waals surface area contributed by atoms with Gasteiger partial charge in [-0.1, -0.05) is 6.92 Å². The van der Waals surface area contributed by atoms with E-state index in [0.717, 1.165) is 18.9 Å². The van der Waals surface area contributed by atoms with Gasteiger partial charge in [-0.25, -0.2) is 4.98 Å². The molecule has 0 aliphatic heterocycles. The summed E-state index contributed by atoms with van der Waals surface area (Å²) >= 11 is 0. The minimum Gasteiger partial charge on any atom is -0.329 e. The van der Waals surface area contributed by atoms with Crippen molar-refractivity contribution in [2.24, 2.45) is 12.0 Å². The van der Waals surface area contributed by atoms with Gasteiger partial charge in [0, 0.05) is 30.4 Å². The normalized spacial score (nSPS) is 16.4. The second-order valence-corrected chi connectivity index (χ2v) is 9.66. The lowest BCUT2D eigenvalue weighted by Crippen LogP contribution is -2.11. The average Bonchev–Trinajstić information content (AvgIpc) is 3.49. The minimum absolute atomic E-state index is 0.106. The molecule has 6 nitrogen and oxygen atoms in total. The van der Waals surface area contributed by atoms with Gasteiger partial charge in [-0.05, 0) is 51.3 Å². The highest BCUT2D eigenvalue weighted by atomic mass is 32.2. The van der Waals surface area contributed by atoms with Crippen LogP contribution in [0.5, 0.6) is 0 Å². The Balaban J connectivity index is 2.18. The highest BCUT2D eigenvalue weighted by molar-refractivity contribution is 7.85. The Labute approximate surface area is 187 Å². The molecule has 0 saturated heterocycles. The minimum atomic E-state index is -4.63. The Morgan fingerprint density at radius 3 is 2.56 bits per heavy atom. The topological polar surface area (TPSA) is 83.9 Å². The molecule has 1 aliphatic rings. The maximum atomic E-state index is 13.5. The summed E-state index contributed by atoms with van der Waals surface area (Å²) in [4.78, 5) is 12.9. The van der Waals surface area contributed by atoms with Crippen molar-refractivity contribution in [1.29, 1.82) is 5.26 Å². The van der Waals surface area contributed by atoms with E-state index in [1.807, 2.05) is 0 Å². The molecule has 2 aromatic rings. The molecule has 3 rings (SSSR count). The molecule has 0 N–H and O–H groups in total. The third-order valence-electron chi connectivity index (χ3n) is 5.41. The fourth-order valence-corrected chi connectivity index (χ4v) is 4.22. The van der Waals surface area contributed by atoms with E-state index in [1.165, 1.54) is 13.8 Å². The molecule has 0 radical (unpaired) electrons. The maximum absolute atomic E-state index is 13.5. The molecule has 0 aromatic carbocycles. The highest BCUT2D eigenvalue weighted by Crippen LogP contribution is 2.48. The van der Waals surface area contributed by atoms with Crippen molar-refractivity contribution < 1.29 is 17.4 Å². The molecule has 1 fully saturated rings. The number of aliphatic imine (C=N–C) groups is 1. The van der Waals surface area contributed by atoms with Crippen LogP contribution in [0.2, 0.25) is 0 Å². The van der Waals surface area contributed by atoms with E-state index in [1.54, 1.807) is 37.7 Å². The quantitative estimate of drug-likeness (QED) is 0.573. The predicted molar refractivity (Wildman–Crippen MR) is 117 cm³/mol. The zero-order chi connectivity index (χ0) is 23.8. The van der Waals surface area contributed by atoms with Crippen LogP contribution in [0, 0.1) is 18.3 Å². The highest BCUT2D eigenvalue weighted by Gasteiger charge is 2.45. The van der Waals surface area contributed by atoms with E-state index in [-0.39, 0.29) is 11.4 Å². The van der Waals surface area contributed by atoms with Gasteiger partial charge in [0.25, 0.3) is 0 Å². The number of allylic oxidation sites excluding steroid dienone is 1. The van der Waals surface area contributed by atoms with Crippen LogP contribution < -0.4 is 0 Å². The molecule has 2 aromatic heterocycles. The summed E-state index contributed by atoms with van der Waals surface area (Å²) in [7, 11) is 0.267. The lowest BCUT2D eigenvalue weighted by molar-refractivity contribution is -0.0913. The van der Waals surface area contributed by atoms with Gasteiger partial charge in [-0.15, -0.1) is 0 Å². The molecule has 0 amide bonds. The number of alkyl halides is 3. The third-order valence-corrected chi connectivity index (χ3v) is 6.74. The average molecular weight is 464 g/mol. The number of hydrogen-bond acceptors (Lipinski definition) is 5. The fourth-order valence-electron chi connectivity index (χ4n) is 3.29. The molecule has 1 unspecified atom stereocenters. The van der Waals surface area contributed by atoms with Gasteiger partial charge in [0.05, 0.1) is 32.9 Å². The molecule has 2 heterocycles. The number of hydrogen-bond donors (Lipinski definition) is 0. The van der Waals surface area contributed by atoms with Crippen molar-refractivity contribution in [3.63, 3.8) is 0 Å². The monoisotopic (exact) mass is 463 g/mol. The first-order valence-electron chi connectivity index (χ1n) is 10.1. The summed E-state index contributed by atoms with van der Waals surface area (Å²) in [5, 5.41) is 9.50. The molecule has 170 valence electrons. The predicted octanol–water partition coefficient (Wildman–Crippen LogP) is 4.86. The number of pyridine rings is 1. The van der Waals surface area contributed by atoms with E-state index in [9.17, 15) is 22.6 Å². The zero-order valence-corrected chi connectivity index (χ0v) is 19.4. The van der Waals surface area contributed by atoms with Crippen molar-refractivity contribution in [2.45, 2.75) is 57.0 Å². The van der Waals surface area contributed by atoms with Gasteiger partial charge in [0.2, 0.25) is 0 Å². The maximum Gasteiger partial charge on any atom is 0.433 e. The lowest BCUT2D eigenvalue weighted by Gasteiger charge is -2.12. The van der Waals surface area contributed by atoms with Gasteiger partial charge in [0.1, 0.15) is 11.4 Å². The Morgan fingerprint density at radius 1 is 1.41 bits per heavy atom. The fraction of sp³-hybridized carbons (Fsp3) is 0.455. The van der Waals surface area contributed by atoms with Crippen molar-refractivity contribution in [1.82, 2.24) is 14.5 Å². The second kappa shape index (κ2) is 8.62. The van der Waals surface area contributed by atoms with Crippen LogP contribution in [0.25, 0.3) is 17.6 Å². The van der Waals surface area contributed by atoms with Crippen LogP contribution in [-0.2, 0) is 23.3 Å². The van der Waals surface area contributed by atoms with Gasteiger partial charge >= 0.3 is 6.18 Å². The number of imidazole rings is 1. The summed E-state index contributed by atoms with van der Waals surface area (Å²) in [5.41, 5.74) is 0.259. The molecule has 32 heavy (non-hydrogen) atoms. The Morgan fingerprint density at radius 2 is 2.06 bits per heavy atom. The molecule has 0 spiro atoms. The molecule has 1 saturated carbocycles. The lowest BCUT2D eigenvalue weighted by atomic mass is 9.99. The van der Waals surface area contributed by atoms with Gasteiger partial charge in [0.15, 0.2) is 5.82 Å². The van der Waals surface area contributed by atoms with Crippen LogP contribution in [0.1, 0.15) is 50.6 Å². The number of nitrogens with zero attached hydrogens (tertiary/aromatic N) is 5. The Kier molecular flexibility index (Phi) is 6.43. The molecular weight excluding hydrogens is 439 g/mol. The van der Waals surface area contributed by atoms with Crippen LogP contribution >= 0.6 is 0 Å². The molecule has 10 heteroatoms. The standard InChI is InChI=1S/C22H24F3N5OS/c1-6-32(31)17-9-15(21(12-26)7-8-21)11-27-19(17)20-29-16(14(4)30(20)5)10-18(22(23,24)25)28-13(2)3/h9-11H,6-8H2,1-5H3/b18-10-. The third kappa shape index (κ3) is 4.53. The molecule has 1 aliphatic carbocycles. The van der Waals surface area contributed by atoms with E-state index in [4.69, 9.17) is 0 Å². The first-order chi connectivity index (χ1) is 14.9. The summed E-state index contributed by atoms with van der Waals surface area (Å²) < 4.78 is 54.8. The number of aromatic nitrogens is 3. The first-order valence-corrected chi connectivity index (χ1v) is 11.4. The van der Waals surface area contributed by atoms with Gasteiger partial charge < -0.3 is 4.57 Å². The van der Waals surface area contributed by atoms with E-state index in [2.05, 4.69) is 21.0 Å². The van der Waals surface area contributed by atoms with E-state index >= 15 is 0 Å². The Hall–Kier alpha value is -2.80. The van der Waals surface area contributed by atoms with Crippen LogP contribution in [-0.4, -0.2) is 36.4 Å². The molecular formula is C22H24F3N5OS. The van der Waals surface area contributed by atoms with Crippen LogP contribution in [0.3, 0.4) is 0 Å². The largest absolute Gasteiger partial charge is 0.433 e. The molecule has 0 bridgehead atoms. The van der Waals surface area contributed by atoms with Gasteiger partial charge in [-0.3, -0.25) is 14.2 Å². The number of nitriles is 1. The second-order valence-electron chi connectivity index (χ2n) is 7.95. The summed E-state index contributed by atoms with van der Waals surface area (Å²) in [6.07, 6.45) is -0.710. The van der Waals surface area contributed by atoms with E-state index < -0.39 is 28.1 Å². The summed E-state index contributed by atoms with van der Waals surface area (Å²) in [6, 6.07) is 4.03. The zero-order valence-electron chi connectivity index (χ0n) is 18.5. The van der Waals surface area contributed by atoms with Crippen LogP contribution in [0.4, 0.5) is 13.2 Å². The van der Waals surface area contributed by atoms with Crippen molar-refractivity contribution >= 4 is 22.6 Å².